The van der Waals surface area contributed by atoms with E-state index < -0.39 is 27.6 Å². The van der Waals surface area contributed by atoms with E-state index in [0.717, 1.165) is 120 Å². The lowest BCUT2D eigenvalue weighted by molar-refractivity contribution is -0.175. The SMILES string of the molecule is CCC(C)(C)C(=O)OCC(=O)OC1CC2CCC1C2.CCC(C)(C)C(=O)OCCOC(=O)C12CC3CC(CC(C3)C1)C2.CCC(C)(C)C(=O)OCCOC(=O)C1CCCCC1.CCC(C)(C)C(=O)OCCOC(=O)C1CCCCC1. The van der Waals surface area contributed by atoms with Crippen LogP contribution in [0.3, 0.4) is 0 Å². The first-order chi connectivity index (χ1) is 37.7. The van der Waals surface area contributed by atoms with E-state index in [1.165, 1.54) is 51.4 Å². The fraction of sp³-hybridized carbons (Fsp3) is 0.875. The zero-order valence-electron chi connectivity index (χ0n) is 51.6. The average Bonchev–Trinajstić information content (AvgIpc) is 4.16. The second-order valence-corrected chi connectivity index (χ2v) is 27.0. The van der Waals surface area contributed by atoms with Crippen LogP contribution >= 0.6 is 0 Å². The molecule has 16 nitrogen and oxygen atoms in total. The van der Waals surface area contributed by atoms with Gasteiger partial charge in [-0.05, 0) is 201 Å². The van der Waals surface area contributed by atoms with Gasteiger partial charge in [0.1, 0.15) is 45.7 Å². The fourth-order valence-electron chi connectivity index (χ4n) is 12.3. The number of carbonyl (C=O) groups is 8. The van der Waals surface area contributed by atoms with Crippen LogP contribution in [-0.4, -0.2) is 100 Å². The molecular weight excluding hydrogens is 1020 g/mol. The Balaban J connectivity index is 0.000000231. The molecule has 0 aromatic rings. The first-order valence-electron chi connectivity index (χ1n) is 31.1. The van der Waals surface area contributed by atoms with Crippen LogP contribution < -0.4 is 0 Å². The summed E-state index contributed by atoms with van der Waals surface area (Å²) in [5.74, 6) is 1.86. The molecule has 8 rings (SSSR count). The molecule has 0 aromatic heterocycles. The van der Waals surface area contributed by atoms with E-state index in [9.17, 15) is 38.4 Å². The van der Waals surface area contributed by atoms with Gasteiger partial charge in [0.25, 0.3) is 0 Å². The third-order valence-corrected chi connectivity index (χ3v) is 19.0. The van der Waals surface area contributed by atoms with Crippen molar-refractivity contribution < 1.29 is 76.3 Å². The Morgan fingerprint density at radius 2 is 0.738 bits per heavy atom. The Bertz CT molecular complexity index is 1910. The van der Waals surface area contributed by atoms with Crippen LogP contribution in [0.15, 0.2) is 0 Å². The molecule has 0 heterocycles. The van der Waals surface area contributed by atoms with Crippen LogP contribution in [0, 0.1) is 68.5 Å². The molecule has 0 aliphatic heterocycles. The van der Waals surface area contributed by atoms with E-state index >= 15 is 0 Å². The minimum atomic E-state index is -0.535. The van der Waals surface area contributed by atoms with Gasteiger partial charge in [-0.1, -0.05) is 66.2 Å². The lowest BCUT2D eigenvalue weighted by atomic mass is 9.49. The molecular formula is C64H106O16. The van der Waals surface area contributed by atoms with Gasteiger partial charge in [-0.15, -0.1) is 0 Å². The van der Waals surface area contributed by atoms with Crippen LogP contribution in [0.4, 0.5) is 0 Å². The van der Waals surface area contributed by atoms with E-state index in [1.54, 1.807) is 0 Å². The van der Waals surface area contributed by atoms with Gasteiger partial charge in [0.15, 0.2) is 6.61 Å². The Labute approximate surface area is 480 Å². The monoisotopic (exact) mass is 1130 g/mol. The van der Waals surface area contributed by atoms with Crippen molar-refractivity contribution >= 4 is 47.8 Å². The van der Waals surface area contributed by atoms with Crippen LogP contribution in [0.5, 0.6) is 0 Å². The van der Waals surface area contributed by atoms with Crippen molar-refractivity contribution in [1.82, 2.24) is 0 Å². The highest BCUT2D eigenvalue weighted by Crippen LogP contribution is 2.60. The van der Waals surface area contributed by atoms with Crippen LogP contribution in [0.2, 0.25) is 0 Å². The molecule has 8 fully saturated rings. The molecule has 16 heteroatoms. The minimum absolute atomic E-state index is 0.0394. The van der Waals surface area contributed by atoms with E-state index in [0.29, 0.717) is 12.3 Å². The van der Waals surface area contributed by atoms with Gasteiger partial charge in [0.2, 0.25) is 0 Å². The lowest BCUT2D eigenvalue weighted by Gasteiger charge is -2.55. The summed E-state index contributed by atoms with van der Waals surface area (Å²) in [7, 11) is 0. The summed E-state index contributed by atoms with van der Waals surface area (Å²) in [6, 6.07) is 0. The topological polar surface area (TPSA) is 210 Å². The van der Waals surface area contributed by atoms with Gasteiger partial charge in [-0.2, -0.15) is 0 Å². The third kappa shape index (κ3) is 21.2. The third-order valence-electron chi connectivity index (χ3n) is 19.0. The highest BCUT2D eigenvalue weighted by molar-refractivity contribution is 5.80. The summed E-state index contributed by atoms with van der Waals surface area (Å²) in [5.41, 5.74) is -2.15. The summed E-state index contributed by atoms with van der Waals surface area (Å²) >= 11 is 0. The number of fused-ring (bicyclic) bond motifs is 2. The minimum Gasteiger partial charge on any atom is -0.462 e. The molecule has 458 valence electrons. The predicted octanol–water partition coefficient (Wildman–Crippen LogP) is 12.6. The van der Waals surface area contributed by atoms with Crippen LogP contribution in [-0.2, 0) is 76.3 Å². The Kier molecular flexibility index (Phi) is 27.3. The summed E-state index contributed by atoms with van der Waals surface area (Å²) in [6.07, 6.45) is 25.2. The molecule has 0 amide bonds. The van der Waals surface area contributed by atoms with Crippen molar-refractivity contribution in [2.45, 2.75) is 243 Å². The maximum Gasteiger partial charge on any atom is 0.344 e. The summed E-state index contributed by atoms with van der Waals surface area (Å²) in [5, 5.41) is 0. The van der Waals surface area contributed by atoms with Crippen molar-refractivity contribution in [2.75, 3.05) is 46.2 Å². The van der Waals surface area contributed by atoms with Crippen molar-refractivity contribution in [2.24, 2.45) is 68.5 Å². The summed E-state index contributed by atoms with van der Waals surface area (Å²) in [4.78, 5) is 94.8. The number of hydrogen-bond acceptors (Lipinski definition) is 16. The fourth-order valence-corrected chi connectivity index (χ4v) is 12.3. The number of esters is 8. The number of carbonyl (C=O) groups excluding carboxylic acids is 8. The molecule has 8 saturated carbocycles. The number of ether oxygens (including phenoxy) is 8. The Morgan fingerprint density at radius 1 is 0.388 bits per heavy atom. The molecule has 6 bridgehead atoms. The highest BCUT2D eigenvalue weighted by Gasteiger charge is 2.55. The second-order valence-electron chi connectivity index (χ2n) is 27.0. The molecule has 8 aliphatic rings. The molecule has 0 aromatic carbocycles. The maximum atomic E-state index is 12.6. The normalized spacial score (nSPS) is 25.1. The first kappa shape index (κ1) is 68.3. The summed E-state index contributed by atoms with van der Waals surface area (Å²) in [6.45, 7) is 23.3. The van der Waals surface area contributed by atoms with Crippen molar-refractivity contribution in [3.63, 3.8) is 0 Å². The van der Waals surface area contributed by atoms with E-state index in [-0.39, 0.29) is 111 Å². The zero-order valence-corrected chi connectivity index (χ0v) is 51.6. The van der Waals surface area contributed by atoms with E-state index in [2.05, 4.69) is 0 Å². The highest BCUT2D eigenvalue weighted by atomic mass is 16.6. The molecule has 3 atom stereocenters. The van der Waals surface area contributed by atoms with Crippen LogP contribution in [0.1, 0.15) is 237 Å². The quantitative estimate of drug-likeness (QED) is 0.0529. The maximum absolute atomic E-state index is 12.6. The molecule has 0 N–H and O–H groups in total. The molecule has 8 aliphatic carbocycles. The summed E-state index contributed by atoms with van der Waals surface area (Å²) < 4.78 is 41.8. The molecule has 80 heavy (non-hydrogen) atoms. The van der Waals surface area contributed by atoms with Gasteiger partial charge in [-0.3, -0.25) is 33.6 Å². The van der Waals surface area contributed by atoms with Crippen molar-refractivity contribution in [3.8, 4) is 0 Å². The van der Waals surface area contributed by atoms with Gasteiger partial charge >= 0.3 is 47.8 Å². The second kappa shape index (κ2) is 32.0. The largest absolute Gasteiger partial charge is 0.462 e. The standard InChI is InChI=1S/C19H30O4.C15H24O4.2C15H26O4/c1-4-18(2,3)16(20)22-5-6-23-17(21)19-10-13-7-14(11-19)9-15(8-13)12-19;1-4-15(2,3)14(17)18-9-13(16)19-12-8-10-5-6-11(12)7-10;2*1-4-15(2,3)14(17)19-11-10-18-13(16)12-8-6-5-7-9-12/h13-15H,4-12H2,1-3H3;10-12H,4-9H2,1-3H3;2*12H,4-11H2,1-3H3. The molecule has 0 saturated heterocycles. The Hall–Kier alpha value is -4.24. The first-order valence-corrected chi connectivity index (χ1v) is 31.1. The Morgan fingerprint density at radius 3 is 1.07 bits per heavy atom. The van der Waals surface area contributed by atoms with Crippen LogP contribution in [0.25, 0.3) is 0 Å². The average molecular weight is 1130 g/mol. The zero-order chi connectivity index (χ0) is 59.3. The smallest absolute Gasteiger partial charge is 0.344 e. The molecule has 3 unspecified atom stereocenters. The molecule has 0 spiro atoms. The van der Waals surface area contributed by atoms with Gasteiger partial charge in [0.05, 0.1) is 38.9 Å². The number of hydrogen-bond donors (Lipinski definition) is 0. The lowest BCUT2D eigenvalue weighted by Crippen LogP contribution is -2.50. The van der Waals surface area contributed by atoms with Crippen molar-refractivity contribution in [1.29, 1.82) is 0 Å². The van der Waals surface area contributed by atoms with Gasteiger partial charge in [0, 0.05) is 0 Å². The molecule has 0 radical (unpaired) electrons. The van der Waals surface area contributed by atoms with Crippen molar-refractivity contribution in [3.05, 3.63) is 0 Å². The predicted molar refractivity (Wildman–Crippen MR) is 302 cm³/mol. The van der Waals surface area contributed by atoms with E-state index in [4.69, 9.17) is 37.9 Å². The van der Waals surface area contributed by atoms with Gasteiger partial charge < -0.3 is 37.9 Å². The van der Waals surface area contributed by atoms with E-state index in [1.807, 2.05) is 83.1 Å². The number of rotatable bonds is 23. The van der Waals surface area contributed by atoms with Gasteiger partial charge in [-0.25, -0.2) is 4.79 Å².